The molecule has 1 heterocycles. The van der Waals surface area contributed by atoms with E-state index in [1.807, 2.05) is 12.1 Å². The molecule has 8 heteroatoms. The van der Waals surface area contributed by atoms with Gasteiger partial charge in [0.1, 0.15) is 6.33 Å². The highest BCUT2D eigenvalue weighted by Gasteiger charge is 2.13. The van der Waals surface area contributed by atoms with E-state index >= 15 is 0 Å². The second-order valence-corrected chi connectivity index (χ2v) is 7.02. The van der Waals surface area contributed by atoms with Gasteiger partial charge < -0.3 is 19.3 Å². The molecule has 126 valence electrons. The second-order valence-electron chi connectivity index (χ2n) is 5.24. The van der Waals surface area contributed by atoms with Crippen LogP contribution in [0.2, 0.25) is 0 Å². The largest absolute Gasteiger partial charge is 0.493 e. The Morgan fingerprint density at radius 3 is 2.39 bits per heavy atom. The van der Waals surface area contributed by atoms with Crippen LogP contribution in [-0.4, -0.2) is 40.1 Å². The molecule has 0 atom stereocenters. The van der Waals surface area contributed by atoms with Crippen LogP contribution < -0.4 is 9.47 Å². The zero-order valence-corrected chi connectivity index (χ0v) is 14.1. The molecule has 0 aliphatic heterocycles. The molecule has 0 saturated heterocycles. The Balaban J connectivity index is 2.10. The van der Waals surface area contributed by atoms with Gasteiger partial charge in [-0.2, -0.15) is 0 Å². The lowest BCUT2D eigenvalue weighted by atomic mass is 10.1. The zero-order chi connectivity index (χ0) is 16.9. The first-order valence-electron chi connectivity index (χ1n) is 7.35. The molecule has 1 aromatic heterocycles. The molecule has 23 heavy (non-hydrogen) atoms. The zero-order valence-electron chi connectivity index (χ0n) is 13.2. The normalized spacial score (nSPS) is 11.7. The number of aryl methyl sites for hydroxylation is 1. The van der Waals surface area contributed by atoms with E-state index in [4.69, 9.17) is 19.3 Å². The van der Waals surface area contributed by atoms with Gasteiger partial charge in [0.15, 0.2) is 11.5 Å². The van der Waals surface area contributed by atoms with Gasteiger partial charge in [0.2, 0.25) is 0 Å². The second kappa shape index (κ2) is 7.73. The molecule has 0 unspecified atom stereocenters. The van der Waals surface area contributed by atoms with E-state index in [9.17, 15) is 4.57 Å². The molecular formula is C15H21N2O5P. The van der Waals surface area contributed by atoms with E-state index in [1.165, 1.54) is 6.33 Å². The molecule has 7 nitrogen and oxygen atoms in total. The van der Waals surface area contributed by atoms with Crippen LogP contribution in [0.5, 0.6) is 11.5 Å². The highest BCUT2D eigenvalue weighted by atomic mass is 31.2. The average Bonchev–Trinajstić information content (AvgIpc) is 2.52. The Morgan fingerprint density at radius 1 is 1.04 bits per heavy atom. The molecule has 1 aromatic carbocycles. The van der Waals surface area contributed by atoms with Gasteiger partial charge >= 0.3 is 7.60 Å². The van der Waals surface area contributed by atoms with Crippen molar-refractivity contribution in [1.29, 1.82) is 0 Å². The third-order valence-electron chi connectivity index (χ3n) is 3.59. The van der Waals surface area contributed by atoms with Gasteiger partial charge in [0, 0.05) is 17.6 Å². The van der Waals surface area contributed by atoms with Crippen LogP contribution in [-0.2, 0) is 11.0 Å². The number of hydrogen-bond donors (Lipinski definition) is 2. The summed E-state index contributed by atoms with van der Waals surface area (Å²) in [5.41, 5.74) is 1.68. The van der Waals surface area contributed by atoms with Crippen molar-refractivity contribution in [1.82, 2.24) is 9.97 Å². The van der Waals surface area contributed by atoms with Crippen LogP contribution in [0.1, 0.15) is 25.0 Å². The summed E-state index contributed by atoms with van der Waals surface area (Å²) in [6, 6.07) is 3.67. The summed E-state index contributed by atoms with van der Waals surface area (Å²) in [5.74, 6) is 1.24. The predicted molar refractivity (Wildman–Crippen MR) is 87.1 cm³/mol. The molecule has 0 aliphatic rings. The van der Waals surface area contributed by atoms with Crippen molar-refractivity contribution in [3.05, 3.63) is 24.2 Å². The van der Waals surface area contributed by atoms with Gasteiger partial charge in [-0.3, -0.25) is 4.57 Å². The average molecular weight is 340 g/mol. The van der Waals surface area contributed by atoms with Gasteiger partial charge in [-0.1, -0.05) is 6.42 Å². The van der Waals surface area contributed by atoms with Crippen molar-refractivity contribution >= 4 is 18.5 Å². The summed E-state index contributed by atoms with van der Waals surface area (Å²) in [6.07, 6.45) is 4.21. The Kier molecular flexibility index (Phi) is 5.93. The monoisotopic (exact) mass is 340 g/mol. The summed E-state index contributed by atoms with van der Waals surface area (Å²) in [4.78, 5) is 26.3. The van der Waals surface area contributed by atoms with Gasteiger partial charge in [0.05, 0.1) is 25.4 Å². The third-order valence-corrected chi connectivity index (χ3v) is 4.48. The van der Waals surface area contributed by atoms with Crippen LogP contribution in [0.4, 0.5) is 0 Å². The maximum atomic E-state index is 10.8. The lowest BCUT2D eigenvalue weighted by Gasteiger charge is -2.11. The van der Waals surface area contributed by atoms with Crippen LogP contribution in [0.3, 0.4) is 0 Å². The van der Waals surface area contributed by atoms with Gasteiger partial charge in [-0.25, -0.2) is 9.97 Å². The fourth-order valence-electron chi connectivity index (χ4n) is 2.42. The molecule has 2 rings (SSSR count). The maximum absolute atomic E-state index is 10.8. The molecule has 0 radical (unpaired) electrons. The Bertz CT molecular complexity index is 716. The van der Waals surface area contributed by atoms with Gasteiger partial charge in [-0.05, 0) is 25.3 Å². The molecule has 0 spiro atoms. The highest BCUT2D eigenvalue weighted by molar-refractivity contribution is 7.51. The van der Waals surface area contributed by atoms with E-state index in [-0.39, 0.29) is 6.16 Å². The number of benzene rings is 1. The van der Waals surface area contributed by atoms with Crippen molar-refractivity contribution < 1.29 is 23.8 Å². The quantitative estimate of drug-likeness (QED) is 0.562. The number of ether oxygens (including phenoxy) is 2. The van der Waals surface area contributed by atoms with Crippen molar-refractivity contribution in [3.63, 3.8) is 0 Å². The van der Waals surface area contributed by atoms with Crippen molar-refractivity contribution in [2.45, 2.75) is 25.7 Å². The van der Waals surface area contributed by atoms with E-state index in [0.29, 0.717) is 17.9 Å². The Hall–Kier alpha value is -1.69. The maximum Gasteiger partial charge on any atom is 0.325 e. The van der Waals surface area contributed by atoms with Crippen molar-refractivity contribution in [2.75, 3.05) is 20.4 Å². The fraction of sp³-hybridized carbons (Fsp3) is 0.467. The molecule has 0 aliphatic carbocycles. The van der Waals surface area contributed by atoms with E-state index < -0.39 is 7.60 Å². The lowest BCUT2D eigenvalue weighted by molar-refractivity contribution is 0.355. The van der Waals surface area contributed by atoms with Gasteiger partial charge in [-0.15, -0.1) is 0 Å². The summed E-state index contributed by atoms with van der Waals surface area (Å²) in [6.45, 7) is 0. The number of fused-ring (bicyclic) bond motifs is 1. The van der Waals surface area contributed by atoms with Crippen LogP contribution >= 0.6 is 7.60 Å². The Labute approximate surface area is 134 Å². The minimum atomic E-state index is -3.89. The van der Waals surface area contributed by atoms with Gasteiger partial charge in [0.25, 0.3) is 0 Å². The number of rotatable bonds is 8. The number of nitrogens with zero attached hydrogens (tertiary/aromatic N) is 2. The first-order chi connectivity index (χ1) is 10.9. The first kappa shape index (κ1) is 17.7. The van der Waals surface area contributed by atoms with Crippen LogP contribution in [0.25, 0.3) is 10.9 Å². The molecule has 0 bridgehead atoms. The lowest BCUT2D eigenvalue weighted by Crippen LogP contribution is -1.97. The van der Waals surface area contributed by atoms with Crippen molar-refractivity contribution in [3.8, 4) is 11.5 Å². The van der Waals surface area contributed by atoms with Crippen LogP contribution in [0.15, 0.2) is 18.5 Å². The number of unbranched alkanes of at least 4 members (excludes halogenated alkanes) is 2. The molecule has 0 fully saturated rings. The highest BCUT2D eigenvalue weighted by Crippen LogP contribution is 2.36. The smallest absolute Gasteiger partial charge is 0.325 e. The third kappa shape index (κ3) is 4.89. The fourth-order valence-corrected chi connectivity index (χ4v) is 3.06. The van der Waals surface area contributed by atoms with E-state index in [1.54, 1.807) is 14.2 Å². The molecular weight excluding hydrogens is 319 g/mol. The summed E-state index contributed by atoms with van der Waals surface area (Å²) >= 11 is 0. The molecule has 0 saturated carbocycles. The molecule has 2 aromatic rings. The SMILES string of the molecule is COc1cc2ncnc(CCCCCP(=O)(O)O)c2cc1OC. The number of methoxy groups -OCH3 is 2. The van der Waals surface area contributed by atoms with E-state index in [2.05, 4.69) is 9.97 Å². The summed E-state index contributed by atoms with van der Waals surface area (Å²) < 4.78 is 21.4. The minimum absolute atomic E-state index is 0.0669. The number of aromatic nitrogens is 2. The number of hydrogen-bond acceptors (Lipinski definition) is 5. The summed E-state index contributed by atoms with van der Waals surface area (Å²) in [5, 5.41) is 0.903. The topological polar surface area (TPSA) is 102 Å². The van der Waals surface area contributed by atoms with E-state index in [0.717, 1.165) is 35.9 Å². The first-order valence-corrected chi connectivity index (χ1v) is 9.14. The minimum Gasteiger partial charge on any atom is -0.493 e. The molecule has 0 amide bonds. The Morgan fingerprint density at radius 2 is 1.74 bits per heavy atom. The standard InChI is InChI=1S/C15H21N2O5P/c1-21-14-8-11-12(6-4-3-5-7-23(18,19)20)16-10-17-13(11)9-15(14)22-2/h8-10H,3-7H2,1-2H3,(H2,18,19,20). The van der Waals surface area contributed by atoms with Crippen LogP contribution in [0, 0.1) is 0 Å². The van der Waals surface area contributed by atoms with Crippen molar-refractivity contribution in [2.24, 2.45) is 0 Å². The summed E-state index contributed by atoms with van der Waals surface area (Å²) in [7, 11) is -0.738. The predicted octanol–water partition coefficient (Wildman–Crippen LogP) is 2.54. The molecule has 2 N–H and O–H groups in total.